The molecule has 1 unspecified atom stereocenters. The van der Waals surface area contributed by atoms with Gasteiger partial charge in [-0.2, -0.15) is 0 Å². The van der Waals surface area contributed by atoms with Gasteiger partial charge in [0, 0.05) is 35.0 Å². The van der Waals surface area contributed by atoms with Crippen LogP contribution in [0.15, 0.2) is 11.4 Å². The molecular formula is C15H26N2S. The van der Waals surface area contributed by atoms with Gasteiger partial charge in [-0.05, 0) is 44.2 Å². The number of hydrogen-bond donors (Lipinski definition) is 2. The van der Waals surface area contributed by atoms with Crippen LogP contribution in [-0.2, 0) is 5.41 Å². The fourth-order valence-corrected chi connectivity index (χ4v) is 3.90. The molecule has 0 bridgehead atoms. The predicted octanol–water partition coefficient (Wildman–Crippen LogP) is 3.06. The van der Waals surface area contributed by atoms with Crippen LogP contribution >= 0.6 is 11.3 Å². The minimum Gasteiger partial charge on any atom is -0.312 e. The van der Waals surface area contributed by atoms with Crippen molar-refractivity contribution in [2.24, 2.45) is 0 Å². The fourth-order valence-electron chi connectivity index (χ4n) is 2.85. The maximum atomic E-state index is 3.74. The number of rotatable bonds is 4. The summed E-state index contributed by atoms with van der Waals surface area (Å²) >= 11 is 1.88. The molecule has 1 fully saturated rings. The topological polar surface area (TPSA) is 24.1 Å². The van der Waals surface area contributed by atoms with Gasteiger partial charge in [0.1, 0.15) is 0 Å². The molecule has 1 aromatic rings. The second-order valence-corrected chi connectivity index (χ2v) is 7.78. The Morgan fingerprint density at radius 3 is 2.72 bits per heavy atom. The average molecular weight is 266 g/mol. The van der Waals surface area contributed by atoms with E-state index in [2.05, 4.69) is 56.7 Å². The molecule has 0 aromatic carbocycles. The van der Waals surface area contributed by atoms with E-state index in [1.807, 2.05) is 11.3 Å². The minimum atomic E-state index is 0.227. The van der Waals surface area contributed by atoms with E-state index in [9.17, 15) is 0 Å². The van der Waals surface area contributed by atoms with E-state index < -0.39 is 0 Å². The first-order valence-electron chi connectivity index (χ1n) is 6.83. The molecule has 0 amide bonds. The molecule has 0 aliphatic carbocycles. The minimum absolute atomic E-state index is 0.227. The first-order valence-corrected chi connectivity index (χ1v) is 7.71. The SMILES string of the molecule is Cc1ccsc1C(C)(C)CNC1CNC(C)(C)C1. The standard InChI is InChI=1S/C15H26N2S/c1-11-6-7-18-13(11)14(2,3)10-16-12-8-15(4,5)17-9-12/h6-7,12,16-17H,8-10H2,1-5H3. The second kappa shape index (κ2) is 4.95. The molecule has 1 atom stereocenters. The summed E-state index contributed by atoms with van der Waals surface area (Å²) in [4.78, 5) is 1.51. The zero-order chi connectivity index (χ0) is 13.4. The molecule has 3 heteroatoms. The van der Waals surface area contributed by atoms with Gasteiger partial charge < -0.3 is 10.6 Å². The summed E-state index contributed by atoms with van der Waals surface area (Å²) in [6, 6.07) is 2.83. The Morgan fingerprint density at radius 2 is 2.22 bits per heavy atom. The molecule has 0 radical (unpaired) electrons. The third-order valence-electron chi connectivity index (χ3n) is 3.89. The number of aryl methyl sites for hydroxylation is 1. The highest BCUT2D eigenvalue weighted by molar-refractivity contribution is 7.10. The monoisotopic (exact) mass is 266 g/mol. The highest BCUT2D eigenvalue weighted by Crippen LogP contribution is 2.31. The highest BCUT2D eigenvalue weighted by Gasteiger charge is 2.32. The van der Waals surface area contributed by atoms with Crippen molar-refractivity contribution in [1.82, 2.24) is 10.6 Å². The first kappa shape index (κ1) is 14.0. The summed E-state index contributed by atoms with van der Waals surface area (Å²) < 4.78 is 0. The molecule has 1 aromatic heterocycles. The van der Waals surface area contributed by atoms with Crippen LogP contribution < -0.4 is 10.6 Å². The quantitative estimate of drug-likeness (QED) is 0.875. The third-order valence-corrected chi connectivity index (χ3v) is 5.28. The van der Waals surface area contributed by atoms with E-state index >= 15 is 0 Å². The fraction of sp³-hybridized carbons (Fsp3) is 0.733. The molecule has 2 rings (SSSR count). The Hall–Kier alpha value is -0.380. The Labute approximate surface area is 115 Å². The van der Waals surface area contributed by atoms with E-state index in [0.717, 1.165) is 13.1 Å². The lowest BCUT2D eigenvalue weighted by Crippen LogP contribution is -2.40. The smallest absolute Gasteiger partial charge is 0.0210 e. The van der Waals surface area contributed by atoms with E-state index in [-0.39, 0.29) is 5.41 Å². The Bertz CT molecular complexity index is 406. The summed E-state index contributed by atoms with van der Waals surface area (Å²) in [5.74, 6) is 0. The van der Waals surface area contributed by atoms with Crippen molar-refractivity contribution in [1.29, 1.82) is 0 Å². The third kappa shape index (κ3) is 3.14. The maximum Gasteiger partial charge on any atom is 0.0210 e. The van der Waals surface area contributed by atoms with Gasteiger partial charge in [-0.25, -0.2) is 0 Å². The van der Waals surface area contributed by atoms with Gasteiger partial charge in [0.05, 0.1) is 0 Å². The van der Waals surface area contributed by atoms with Crippen LogP contribution in [0, 0.1) is 6.92 Å². The molecule has 102 valence electrons. The molecule has 1 saturated heterocycles. The summed E-state index contributed by atoms with van der Waals surface area (Å²) in [5, 5.41) is 9.51. The highest BCUT2D eigenvalue weighted by atomic mass is 32.1. The second-order valence-electron chi connectivity index (χ2n) is 6.86. The number of thiophene rings is 1. The molecule has 1 aliphatic heterocycles. The van der Waals surface area contributed by atoms with Gasteiger partial charge in [-0.15, -0.1) is 11.3 Å². The molecule has 2 N–H and O–H groups in total. The van der Waals surface area contributed by atoms with Crippen LogP contribution in [0.2, 0.25) is 0 Å². The Kier molecular flexibility index (Phi) is 3.86. The zero-order valence-corrected chi connectivity index (χ0v) is 13.1. The van der Waals surface area contributed by atoms with Crippen molar-refractivity contribution in [3.63, 3.8) is 0 Å². The van der Waals surface area contributed by atoms with Crippen molar-refractivity contribution in [2.75, 3.05) is 13.1 Å². The van der Waals surface area contributed by atoms with Gasteiger partial charge >= 0.3 is 0 Å². The van der Waals surface area contributed by atoms with Gasteiger partial charge in [0.2, 0.25) is 0 Å². The summed E-state index contributed by atoms with van der Waals surface area (Å²) in [5.41, 5.74) is 1.95. The molecule has 0 saturated carbocycles. The van der Waals surface area contributed by atoms with E-state index in [0.29, 0.717) is 11.6 Å². The zero-order valence-electron chi connectivity index (χ0n) is 12.3. The Morgan fingerprint density at radius 1 is 1.50 bits per heavy atom. The largest absolute Gasteiger partial charge is 0.312 e. The van der Waals surface area contributed by atoms with Crippen LogP contribution in [0.25, 0.3) is 0 Å². The molecule has 2 nitrogen and oxygen atoms in total. The lowest BCUT2D eigenvalue weighted by molar-refractivity contribution is 0.409. The predicted molar refractivity (Wildman–Crippen MR) is 80.6 cm³/mol. The summed E-state index contributed by atoms with van der Waals surface area (Å²) in [6.07, 6.45) is 1.21. The summed E-state index contributed by atoms with van der Waals surface area (Å²) in [7, 11) is 0. The molecule has 0 spiro atoms. The van der Waals surface area contributed by atoms with Crippen molar-refractivity contribution in [3.05, 3.63) is 21.9 Å². The van der Waals surface area contributed by atoms with Crippen molar-refractivity contribution < 1.29 is 0 Å². The van der Waals surface area contributed by atoms with Crippen molar-refractivity contribution >= 4 is 11.3 Å². The van der Waals surface area contributed by atoms with Crippen LogP contribution in [0.5, 0.6) is 0 Å². The van der Waals surface area contributed by atoms with E-state index in [1.54, 1.807) is 0 Å². The van der Waals surface area contributed by atoms with E-state index in [4.69, 9.17) is 0 Å². The van der Waals surface area contributed by atoms with Gasteiger partial charge in [0.25, 0.3) is 0 Å². The molecular weight excluding hydrogens is 240 g/mol. The normalized spacial score (nSPS) is 23.5. The molecule has 18 heavy (non-hydrogen) atoms. The molecule has 1 aliphatic rings. The van der Waals surface area contributed by atoms with Gasteiger partial charge in [-0.3, -0.25) is 0 Å². The number of nitrogens with one attached hydrogen (secondary N) is 2. The van der Waals surface area contributed by atoms with Crippen molar-refractivity contribution in [2.45, 2.75) is 58.0 Å². The maximum absolute atomic E-state index is 3.74. The molecule has 2 heterocycles. The van der Waals surface area contributed by atoms with Crippen LogP contribution in [0.3, 0.4) is 0 Å². The van der Waals surface area contributed by atoms with Crippen molar-refractivity contribution in [3.8, 4) is 0 Å². The van der Waals surface area contributed by atoms with Crippen LogP contribution in [-0.4, -0.2) is 24.7 Å². The van der Waals surface area contributed by atoms with Gasteiger partial charge in [0.15, 0.2) is 0 Å². The van der Waals surface area contributed by atoms with E-state index in [1.165, 1.54) is 16.9 Å². The average Bonchev–Trinajstić information content (AvgIpc) is 2.82. The summed E-state index contributed by atoms with van der Waals surface area (Å²) in [6.45, 7) is 13.6. The van der Waals surface area contributed by atoms with Gasteiger partial charge in [-0.1, -0.05) is 13.8 Å². The lowest BCUT2D eigenvalue weighted by Gasteiger charge is -2.27. The van der Waals surface area contributed by atoms with Crippen LogP contribution in [0.1, 0.15) is 44.6 Å². The lowest BCUT2D eigenvalue weighted by atomic mass is 9.88. The van der Waals surface area contributed by atoms with Crippen LogP contribution in [0.4, 0.5) is 0 Å². The number of hydrogen-bond acceptors (Lipinski definition) is 3. The first-order chi connectivity index (χ1) is 8.30. The Balaban J connectivity index is 1.92.